The van der Waals surface area contributed by atoms with Gasteiger partial charge < -0.3 is 4.79 Å². The van der Waals surface area contributed by atoms with E-state index in [9.17, 15) is 4.79 Å². The zero-order valence-corrected chi connectivity index (χ0v) is 9.03. The molecule has 0 radical (unpaired) electrons. The van der Waals surface area contributed by atoms with E-state index < -0.39 is 0 Å². The molecule has 0 heterocycles. The van der Waals surface area contributed by atoms with Crippen LogP contribution in [0.2, 0.25) is 0 Å². The number of aldehydes is 1. The maximum Gasteiger partial charge on any atom is 0.121 e. The van der Waals surface area contributed by atoms with E-state index >= 15 is 0 Å². The fourth-order valence-corrected chi connectivity index (χ4v) is 1.91. The number of hydrogen-bond donors (Lipinski definition) is 0. The Morgan fingerprint density at radius 3 is 2.58 bits per heavy atom. The van der Waals surface area contributed by atoms with Gasteiger partial charge in [0.2, 0.25) is 0 Å². The van der Waals surface area contributed by atoms with Gasteiger partial charge in [0, 0.05) is 11.7 Å². The van der Waals surface area contributed by atoms with Crippen molar-refractivity contribution in [2.75, 3.05) is 6.26 Å². The Balaban J connectivity index is 3.25. The maximum absolute atomic E-state index is 10.2. The minimum atomic E-state index is 0.569. The Morgan fingerprint density at radius 1 is 1.33 bits per heavy atom. The normalized spacial score (nSPS) is 12.8. The lowest BCUT2D eigenvalue weighted by molar-refractivity contribution is -0.107. The van der Waals surface area contributed by atoms with Gasteiger partial charge in [0.15, 0.2) is 0 Å². The van der Waals surface area contributed by atoms with E-state index in [0.717, 1.165) is 12.7 Å². The van der Waals surface area contributed by atoms with Crippen molar-refractivity contribution in [1.82, 2.24) is 0 Å². The van der Waals surface area contributed by atoms with Crippen molar-refractivity contribution in [3.63, 3.8) is 0 Å². The first kappa shape index (κ1) is 12.0. The van der Waals surface area contributed by atoms with Crippen LogP contribution in [-0.2, 0) is 4.79 Å². The van der Waals surface area contributed by atoms with Crippen LogP contribution in [0.1, 0.15) is 45.4 Å². The molecule has 1 unspecified atom stereocenters. The highest BCUT2D eigenvalue weighted by atomic mass is 32.2. The molecule has 0 spiro atoms. The quantitative estimate of drug-likeness (QED) is 0.429. The molecule has 0 bridgehead atoms. The van der Waals surface area contributed by atoms with Crippen molar-refractivity contribution < 1.29 is 4.79 Å². The molecule has 0 aliphatic heterocycles. The van der Waals surface area contributed by atoms with Gasteiger partial charge in [0.25, 0.3) is 0 Å². The number of thioether (sulfide) groups is 1. The fraction of sp³-hybridized carbons (Fsp3) is 0.900. The van der Waals surface area contributed by atoms with Crippen LogP contribution < -0.4 is 0 Å². The lowest BCUT2D eigenvalue weighted by Gasteiger charge is -2.09. The lowest BCUT2D eigenvalue weighted by atomic mass is 10.1. The Bertz CT molecular complexity index is 104. The number of unbranched alkanes of at least 4 members (excludes halogenated alkanes) is 3. The summed E-state index contributed by atoms with van der Waals surface area (Å²) in [5.74, 6) is 0. The molecule has 0 saturated carbocycles. The highest BCUT2D eigenvalue weighted by Gasteiger charge is 2.04. The average molecular weight is 188 g/mol. The van der Waals surface area contributed by atoms with Crippen molar-refractivity contribution in [2.45, 2.75) is 50.7 Å². The van der Waals surface area contributed by atoms with Gasteiger partial charge in [-0.05, 0) is 12.7 Å². The minimum absolute atomic E-state index is 0.569. The molecule has 0 aliphatic rings. The zero-order chi connectivity index (χ0) is 9.23. The maximum atomic E-state index is 10.2. The van der Waals surface area contributed by atoms with Crippen LogP contribution >= 0.6 is 11.8 Å². The Hall–Kier alpha value is 0.0200. The smallest absolute Gasteiger partial charge is 0.121 e. The molecule has 0 N–H and O–H groups in total. The SMILES string of the molecule is CCCCCCC(CC=O)SC. The molecule has 1 atom stereocenters. The van der Waals surface area contributed by atoms with Gasteiger partial charge in [-0.3, -0.25) is 0 Å². The largest absolute Gasteiger partial charge is 0.303 e. The Kier molecular flexibility index (Phi) is 9.13. The van der Waals surface area contributed by atoms with Crippen LogP contribution in [0.4, 0.5) is 0 Å². The van der Waals surface area contributed by atoms with Crippen molar-refractivity contribution in [1.29, 1.82) is 0 Å². The van der Waals surface area contributed by atoms with Crippen molar-refractivity contribution in [2.24, 2.45) is 0 Å². The van der Waals surface area contributed by atoms with Crippen LogP contribution in [-0.4, -0.2) is 17.8 Å². The fourth-order valence-electron chi connectivity index (χ4n) is 1.24. The highest BCUT2D eigenvalue weighted by Crippen LogP contribution is 2.17. The first-order chi connectivity index (χ1) is 5.85. The van der Waals surface area contributed by atoms with Crippen molar-refractivity contribution in [3.8, 4) is 0 Å². The molecule has 0 amide bonds. The average Bonchev–Trinajstić information content (AvgIpc) is 2.10. The number of hydrogen-bond acceptors (Lipinski definition) is 2. The third-order valence-electron chi connectivity index (χ3n) is 2.07. The molecule has 0 aromatic carbocycles. The predicted octanol–water partition coefficient (Wildman–Crippen LogP) is 3.28. The summed E-state index contributed by atoms with van der Waals surface area (Å²) in [5, 5.41) is 0.569. The third kappa shape index (κ3) is 6.71. The summed E-state index contributed by atoms with van der Waals surface area (Å²) in [7, 11) is 0. The van der Waals surface area contributed by atoms with E-state index in [4.69, 9.17) is 0 Å². The summed E-state index contributed by atoms with van der Waals surface area (Å²) >= 11 is 1.82. The lowest BCUT2D eigenvalue weighted by Crippen LogP contribution is -2.02. The van der Waals surface area contributed by atoms with Crippen molar-refractivity contribution in [3.05, 3.63) is 0 Å². The van der Waals surface area contributed by atoms with Gasteiger partial charge >= 0.3 is 0 Å². The van der Waals surface area contributed by atoms with E-state index in [2.05, 4.69) is 13.2 Å². The summed E-state index contributed by atoms with van der Waals surface area (Å²) in [4.78, 5) is 10.2. The van der Waals surface area contributed by atoms with Gasteiger partial charge in [-0.15, -0.1) is 0 Å². The Morgan fingerprint density at radius 2 is 2.08 bits per heavy atom. The topological polar surface area (TPSA) is 17.1 Å². The summed E-state index contributed by atoms with van der Waals surface area (Å²) in [6.45, 7) is 2.22. The van der Waals surface area contributed by atoms with Gasteiger partial charge in [0.05, 0.1) is 0 Å². The zero-order valence-electron chi connectivity index (χ0n) is 8.21. The second-order valence-electron chi connectivity index (χ2n) is 3.11. The number of carbonyl (C=O) groups excluding carboxylic acids is 1. The molecular formula is C10H20OS. The minimum Gasteiger partial charge on any atom is -0.303 e. The molecule has 72 valence electrons. The molecule has 0 fully saturated rings. The molecule has 0 aromatic rings. The van der Waals surface area contributed by atoms with Crippen LogP contribution in [0.3, 0.4) is 0 Å². The summed E-state index contributed by atoms with van der Waals surface area (Å²) in [6, 6.07) is 0. The summed E-state index contributed by atoms with van der Waals surface area (Å²) in [5.41, 5.74) is 0. The van der Waals surface area contributed by atoms with Crippen LogP contribution in [0.15, 0.2) is 0 Å². The van der Waals surface area contributed by atoms with Crippen LogP contribution in [0.25, 0.3) is 0 Å². The third-order valence-corrected chi connectivity index (χ3v) is 3.17. The van der Waals surface area contributed by atoms with Gasteiger partial charge in [-0.25, -0.2) is 0 Å². The number of carbonyl (C=O) groups is 1. The van der Waals surface area contributed by atoms with E-state index in [0.29, 0.717) is 5.25 Å². The summed E-state index contributed by atoms with van der Waals surface area (Å²) in [6.07, 6.45) is 10.3. The second kappa shape index (κ2) is 9.11. The molecule has 0 aliphatic carbocycles. The molecule has 2 heteroatoms. The van der Waals surface area contributed by atoms with Gasteiger partial charge in [0.1, 0.15) is 6.29 Å². The van der Waals surface area contributed by atoms with Gasteiger partial charge in [-0.2, -0.15) is 11.8 Å². The standard InChI is InChI=1S/C10H20OS/c1-3-4-5-6-7-10(12-2)8-9-11/h9-10H,3-8H2,1-2H3. The first-order valence-corrected chi connectivity index (χ1v) is 6.10. The summed E-state index contributed by atoms with van der Waals surface area (Å²) < 4.78 is 0. The molecular weight excluding hydrogens is 168 g/mol. The molecule has 0 saturated heterocycles. The van der Waals surface area contributed by atoms with Crippen LogP contribution in [0, 0.1) is 0 Å². The predicted molar refractivity (Wildman–Crippen MR) is 56.7 cm³/mol. The highest BCUT2D eigenvalue weighted by molar-refractivity contribution is 7.99. The van der Waals surface area contributed by atoms with E-state index in [1.165, 1.54) is 32.1 Å². The Labute approximate surface area is 80.3 Å². The number of rotatable bonds is 8. The molecule has 1 nitrogen and oxygen atoms in total. The van der Waals surface area contributed by atoms with E-state index in [-0.39, 0.29) is 0 Å². The second-order valence-corrected chi connectivity index (χ2v) is 4.25. The van der Waals surface area contributed by atoms with Crippen molar-refractivity contribution >= 4 is 18.0 Å². The van der Waals surface area contributed by atoms with Crippen LogP contribution in [0.5, 0.6) is 0 Å². The molecule has 12 heavy (non-hydrogen) atoms. The monoisotopic (exact) mass is 188 g/mol. The first-order valence-electron chi connectivity index (χ1n) is 4.81. The van der Waals surface area contributed by atoms with E-state index in [1.54, 1.807) is 0 Å². The van der Waals surface area contributed by atoms with E-state index in [1.807, 2.05) is 11.8 Å². The van der Waals surface area contributed by atoms with Gasteiger partial charge in [-0.1, -0.05) is 32.6 Å². The molecule has 0 rings (SSSR count). The molecule has 0 aromatic heterocycles.